The minimum atomic E-state index is -0.446. The summed E-state index contributed by atoms with van der Waals surface area (Å²) < 4.78 is 14.5. The fourth-order valence-corrected chi connectivity index (χ4v) is 4.38. The molecule has 0 spiro atoms. The first kappa shape index (κ1) is 15.3. The maximum absolute atomic E-state index is 13.4. The van der Waals surface area contributed by atoms with Gasteiger partial charge in [-0.25, -0.2) is 4.39 Å². The smallest absolute Gasteiger partial charge is 0.123 e. The molecule has 0 aliphatic rings. The highest BCUT2D eigenvalue weighted by Gasteiger charge is 2.32. The molecule has 2 rings (SSSR count). The van der Waals surface area contributed by atoms with Crippen LogP contribution in [0.5, 0.6) is 0 Å². The van der Waals surface area contributed by atoms with Crippen LogP contribution in [0.1, 0.15) is 10.4 Å². The highest BCUT2D eigenvalue weighted by molar-refractivity contribution is 9.10. The SMILES string of the molecule is Fc1cccc(C(CCl)(CCl)Cc2sccc2Br)c1. The van der Waals surface area contributed by atoms with Gasteiger partial charge in [-0.3, -0.25) is 0 Å². The van der Waals surface area contributed by atoms with Gasteiger partial charge in [-0.1, -0.05) is 12.1 Å². The van der Waals surface area contributed by atoms with Gasteiger partial charge in [0.2, 0.25) is 0 Å². The second-order valence-corrected chi connectivity index (χ2v) is 6.82. The van der Waals surface area contributed by atoms with Gasteiger partial charge in [0, 0.05) is 26.5 Å². The van der Waals surface area contributed by atoms with Crippen molar-refractivity contribution in [3.63, 3.8) is 0 Å². The molecule has 1 aromatic carbocycles. The van der Waals surface area contributed by atoms with E-state index in [2.05, 4.69) is 15.9 Å². The summed E-state index contributed by atoms with van der Waals surface area (Å²) >= 11 is 17.5. The number of alkyl halides is 2. The van der Waals surface area contributed by atoms with Gasteiger partial charge in [-0.15, -0.1) is 34.5 Å². The summed E-state index contributed by atoms with van der Waals surface area (Å²) in [4.78, 5) is 1.17. The van der Waals surface area contributed by atoms with E-state index in [0.29, 0.717) is 18.2 Å². The average molecular weight is 382 g/mol. The number of rotatable bonds is 5. The molecule has 0 fully saturated rings. The van der Waals surface area contributed by atoms with Gasteiger partial charge in [-0.2, -0.15) is 0 Å². The predicted molar refractivity (Wildman–Crippen MR) is 85.2 cm³/mol. The molecule has 5 heteroatoms. The molecule has 0 radical (unpaired) electrons. The van der Waals surface area contributed by atoms with Crippen molar-refractivity contribution < 1.29 is 4.39 Å². The summed E-state index contributed by atoms with van der Waals surface area (Å²) in [5.74, 6) is 0.441. The molecule has 0 aliphatic heterocycles. The lowest BCUT2D eigenvalue weighted by molar-refractivity contribution is 0.531. The quantitative estimate of drug-likeness (QED) is 0.590. The van der Waals surface area contributed by atoms with Crippen molar-refractivity contribution in [2.45, 2.75) is 11.8 Å². The number of hydrogen-bond acceptors (Lipinski definition) is 1. The molecule has 1 heterocycles. The Labute approximate surface area is 134 Å². The second kappa shape index (κ2) is 6.57. The van der Waals surface area contributed by atoms with Crippen LogP contribution in [0.4, 0.5) is 4.39 Å². The monoisotopic (exact) mass is 380 g/mol. The van der Waals surface area contributed by atoms with Crippen molar-refractivity contribution >= 4 is 50.5 Å². The maximum atomic E-state index is 13.4. The number of thiophene rings is 1. The van der Waals surface area contributed by atoms with E-state index < -0.39 is 5.41 Å². The molecule has 102 valence electrons. The number of hydrogen-bond donors (Lipinski definition) is 0. The Morgan fingerprint density at radius 1 is 1.21 bits per heavy atom. The van der Waals surface area contributed by atoms with E-state index in [1.165, 1.54) is 17.0 Å². The third-order valence-electron chi connectivity index (χ3n) is 3.14. The van der Waals surface area contributed by atoms with Crippen LogP contribution in [0.3, 0.4) is 0 Å². The summed E-state index contributed by atoms with van der Waals surface area (Å²) in [6, 6.07) is 8.53. The van der Waals surface area contributed by atoms with Crippen LogP contribution in [0.15, 0.2) is 40.2 Å². The summed E-state index contributed by atoms with van der Waals surface area (Å²) in [5, 5.41) is 2.01. The molecule has 0 bridgehead atoms. The fourth-order valence-electron chi connectivity index (χ4n) is 1.96. The summed E-state index contributed by atoms with van der Waals surface area (Å²) in [5.41, 5.74) is 0.399. The van der Waals surface area contributed by atoms with Crippen molar-refractivity contribution in [1.82, 2.24) is 0 Å². The van der Waals surface area contributed by atoms with Crippen LogP contribution in [0, 0.1) is 5.82 Å². The molecule has 0 N–H and O–H groups in total. The largest absolute Gasteiger partial charge is 0.207 e. The van der Waals surface area contributed by atoms with E-state index >= 15 is 0 Å². The predicted octanol–water partition coefficient (Wildman–Crippen LogP) is 5.61. The normalized spacial score (nSPS) is 11.8. The Hall–Kier alpha value is -0.0900. The summed E-state index contributed by atoms with van der Waals surface area (Å²) in [7, 11) is 0. The fraction of sp³-hybridized carbons (Fsp3) is 0.286. The van der Waals surface area contributed by atoms with Crippen LogP contribution >= 0.6 is 50.5 Å². The Kier molecular flexibility index (Phi) is 5.29. The van der Waals surface area contributed by atoms with E-state index in [1.807, 2.05) is 17.5 Å². The number of benzene rings is 1. The first-order valence-electron chi connectivity index (χ1n) is 5.71. The maximum Gasteiger partial charge on any atom is 0.123 e. The van der Waals surface area contributed by atoms with E-state index in [-0.39, 0.29) is 5.82 Å². The molecule has 19 heavy (non-hydrogen) atoms. The highest BCUT2D eigenvalue weighted by Crippen LogP contribution is 2.36. The molecule has 0 unspecified atom stereocenters. The van der Waals surface area contributed by atoms with Crippen LogP contribution < -0.4 is 0 Å². The van der Waals surface area contributed by atoms with E-state index in [4.69, 9.17) is 23.2 Å². The van der Waals surface area contributed by atoms with Crippen molar-refractivity contribution in [3.8, 4) is 0 Å². The molecular formula is C14H12BrCl2FS. The Balaban J connectivity index is 2.40. The number of halogens is 4. The molecule has 2 aromatic rings. The third kappa shape index (κ3) is 3.33. The van der Waals surface area contributed by atoms with Crippen LogP contribution in [0.2, 0.25) is 0 Å². The standard InChI is InChI=1S/C14H12BrCl2FS/c15-12-4-5-19-13(12)7-14(8-16,9-17)10-2-1-3-11(18)6-10/h1-6H,7-9H2. The Morgan fingerprint density at radius 3 is 2.47 bits per heavy atom. The summed E-state index contributed by atoms with van der Waals surface area (Å²) in [6.45, 7) is 0. The molecular weight excluding hydrogens is 370 g/mol. The lowest BCUT2D eigenvalue weighted by Crippen LogP contribution is -2.33. The van der Waals surface area contributed by atoms with Gasteiger partial charge in [-0.05, 0) is 51.5 Å². The van der Waals surface area contributed by atoms with Gasteiger partial charge < -0.3 is 0 Å². The zero-order valence-electron chi connectivity index (χ0n) is 10.0. The molecule has 1 aromatic heterocycles. The molecule has 0 nitrogen and oxygen atoms in total. The van der Waals surface area contributed by atoms with Crippen molar-refractivity contribution in [2.75, 3.05) is 11.8 Å². The zero-order valence-corrected chi connectivity index (χ0v) is 13.9. The molecule has 0 aliphatic carbocycles. The highest BCUT2D eigenvalue weighted by atomic mass is 79.9. The Morgan fingerprint density at radius 2 is 1.95 bits per heavy atom. The van der Waals surface area contributed by atoms with Gasteiger partial charge in [0.05, 0.1) is 0 Å². The van der Waals surface area contributed by atoms with Gasteiger partial charge in [0.25, 0.3) is 0 Å². The van der Waals surface area contributed by atoms with E-state index in [9.17, 15) is 4.39 Å². The first-order chi connectivity index (χ1) is 9.11. The van der Waals surface area contributed by atoms with Gasteiger partial charge >= 0.3 is 0 Å². The van der Waals surface area contributed by atoms with Crippen LogP contribution in [-0.4, -0.2) is 11.8 Å². The Bertz CT molecular complexity index is 552. The molecule has 0 saturated carbocycles. The average Bonchev–Trinajstić information content (AvgIpc) is 2.81. The van der Waals surface area contributed by atoms with Crippen molar-refractivity contribution in [3.05, 3.63) is 56.4 Å². The van der Waals surface area contributed by atoms with Crippen molar-refractivity contribution in [2.24, 2.45) is 0 Å². The first-order valence-corrected chi connectivity index (χ1v) is 8.45. The van der Waals surface area contributed by atoms with Crippen LogP contribution in [-0.2, 0) is 11.8 Å². The van der Waals surface area contributed by atoms with Crippen LogP contribution in [0.25, 0.3) is 0 Å². The molecule has 0 atom stereocenters. The molecule has 0 amide bonds. The van der Waals surface area contributed by atoms with Gasteiger partial charge in [0.15, 0.2) is 0 Å². The minimum absolute atomic E-state index is 0.262. The minimum Gasteiger partial charge on any atom is -0.207 e. The second-order valence-electron chi connectivity index (χ2n) is 4.43. The third-order valence-corrected chi connectivity index (χ3v) is 6.09. The topological polar surface area (TPSA) is 0 Å². The summed E-state index contributed by atoms with van der Waals surface area (Å²) in [6.07, 6.45) is 0.696. The molecule has 0 saturated heterocycles. The lowest BCUT2D eigenvalue weighted by Gasteiger charge is -2.30. The van der Waals surface area contributed by atoms with E-state index in [1.54, 1.807) is 17.4 Å². The van der Waals surface area contributed by atoms with E-state index in [0.717, 1.165) is 10.0 Å². The van der Waals surface area contributed by atoms with Gasteiger partial charge in [0.1, 0.15) is 5.82 Å². The lowest BCUT2D eigenvalue weighted by atomic mass is 9.80. The van der Waals surface area contributed by atoms with Crippen molar-refractivity contribution in [1.29, 1.82) is 0 Å². The zero-order chi connectivity index (χ0) is 13.9.